The minimum Gasteiger partial charge on any atom is -0.615 e. The van der Waals surface area contributed by atoms with E-state index in [1.54, 1.807) is 12.3 Å². The first-order valence-electron chi connectivity index (χ1n) is 8.58. The summed E-state index contributed by atoms with van der Waals surface area (Å²) in [4.78, 5) is 16.9. The molecule has 5 heteroatoms. The van der Waals surface area contributed by atoms with Crippen LogP contribution in [0.4, 0.5) is 0 Å². The second kappa shape index (κ2) is 6.55. The third-order valence-corrected chi connectivity index (χ3v) is 5.35. The molecule has 27 heavy (non-hydrogen) atoms. The predicted molar refractivity (Wildman–Crippen MR) is 106 cm³/mol. The van der Waals surface area contributed by atoms with Crippen molar-refractivity contribution in [2.45, 2.75) is 0 Å². The first kappa shape index (κ1) is 16.1. The van der Waals surface area contributed by atoms with Gasteiger partial charge in [0.2, 0.25) is 0 Å². The van der Waals surface area contributed by atoms with Crippen molar-refractivity contribution < 1.29 is 12.4 Å². The molecule has 0 N–H and O–H groups in total. The Hall–Kier alpha value is -3.13. The van der Waals surface area contributed by atoms with E-state index in [0.29, 0.717) is 17.1 Å². The third kappa shape index (κ3) is 2.78. The van der Waals surface area contributed by atoms with E-state index < -0.39 is 15.9 Å². The van der Waals surface area contributed by atoms with Crippen LogP contribution in [0.5, 0.6) is 11.5 Å². The van der Waals surface area contributed by atoms with Crippen LogP contribution in [0.3, 0.4) is 0 Å². The Balaban J connectivity index is 1.45. The number of para-hydroxylation sites is 1. The van der Waals surface area contributed by atoms with Crippen molar-refractivity contribution in [1.82, 2.24) is 4.98 Å². The molecule has 127 valence electrons. The molecule has 5 rings (SSSR count). The second-order valence-corrected chi connectivity index (χ2v) is 6.91. The monoisotopic (exact) mass is 366 g/mol. The van der Waals surface area contributed by atoms with E-state index in [1.165, 1.54) is 0 Å². The van der Waals surface area contributed by atoms with Gasteiger partial charge in [-0.05, 0) is 35.2 Å². The van der Waals surface area contributed by atoms with E-state index in [0.717, 1.165) is 27.2 Å². The number of allylic oxidation sites excluding steroid dienone is 1. The smallest absolute Gasteiger partial charge is 0.615 e. The van der Waals surface area contributed by atoms with Crippen LogP contribution in [0.15, 0.2) is 72.9 Å². The summed E-state index contributed by atoms with van der Waals surface area (Å²) >= 11 is -0.841. The van der Waals surface area contributed by atoms with Gasteiger partial charge in [0, 0.05) is 17.0 Å². The van der Waals surface area contributed by atoms with Gasteiger partial charge in [-0.2, -0.15) is 0 Å². The molecule has 0 spiro atoms. The third-order valence-electron chi connectivity index (χ3n) is 4.65. The summed E-state index contributed by atoms with van der Waals surface area (Å²) < 4.78 is 11.8. The van der Waals surface area contributed by atoms with Gasteiger partial charge in [0.15, 0.2) is 5.78 Å². The number of pyridine rings is 1. The van der Waals surface area contributed by atoms with Crippen LogP contribution in [0.25, 0.3) is 27.8 Å². The molecule has 0 saturated heterocycles. The van der Waals surface area contributed by atoms with Crippen molar-refractivity contribution in [3.8, 4) is 11.5 Å². The van der Waals surface area contributed by atoms with Crippen molar-refractivity contribution in [2.24, 2.45) is 0 Å². The molecule has 1 aliphatic carbocycles. The molecule has 1 aromatic heterocycles. The maximum absolute atomic E-state index is 12.5. The van der Waals surface area contributed by atoms with Crippen LogP contribution < -0.4 is 7.58 Å². The van der Waals surface area contributed by atoms with E-state index in [9.17, 15) is 4.79 Å². The molecule has 4 nitrogen and oxygen atoms in total. The molecule has 4 aromatic rings. The summed E-state index contributed by atoms with van der Waals surface area (Å²) in [6.45, 7) is 0. The molecular formula is C22H13AlNO3. The summed E-state index contributed by atoms with van der Waals surface area (Å²) in [6, 6.07) is 19.5. The van der Waals surface area contributed by atoms with Gasteiger partial charge in [-0.1, -0.05) is 48.5 Å². The molecule has 0 aliphatic heterocycles. The van der Waals surface area contributed by atoms with E-state index in [-0.39, 0.29) is 5.78 Å². The van der Waals surface area contributed by atoms with Crippen molar-refractivity contribution in [3.05, 3.63) is 84.1 Å². The lowest BCUT2D eigenvalue weighted by molar-refractivity contribution is 0.104. The number of carbonyl (C=O) groups excluding carboxylic acids is 1. The summed E-state index contributed by atoms with van der Waals surface area (Å²) in [5, 5.41) is 2.98. The Bertz CT molecular complexity index is 1230. The number of aromatic nitrogens is 1. The van der Waals surface area contributed by atoms with Gasteiger partial charge < -0.3 is 7.58 Å². The van der Waals surface area contributed by atoms with Crippen LogP contribution in [0.2, 0.25) is 0 Å². The Morgan fingerprint density at radius 3 is 2.56 bits per heavy atom. The first-order valence-corrected chi connectivity index (χ1v) is 9.52. The fourth-order valence-electron chi connectivity index (χ4n) is 3.42. The van der Waals surface area contributed by atoms with Crippen molar-refractivity contribution in [3.63, 3.8) is 0 Å². The molecule has 1 aliphatic rings. The van der Waals surface area contributed by atoms with Crippen LogP contribution in [0.1, 0.15) is 15.9 Å². The Morgan fingerprint density at radius 2 is 1.59 bits per heavy atom. The van der Waals surface area contributed by atoms with Crippen LogP contribution in [-0.2, 0) is 0 Å². The number of benzene rings is 3. The van der Waals surface area contributed by atoms with E-state index >= 15 is 0 Å². The highest BCUT2D eigenvalue weighted by molar-refractivity contribution is 6.25. The molecule has 0 atom stereocenters. The molecule has 0 saturated carbocycles. The number of nitrogens with zero attached hydrogens (tertiary/aromatic N) is 1. The van der Waals surface area contributed by atoms with Gasteiger partial charge in [-0.3, -0.25) is 9.78 Å². The van der Waals surface area contributed by atoms with Gasteiger partial charge in [-0.25, -0.2) is 0 Å². The highest BCUT2D eigenvalue weighted by Gasteiger charge is 2.21. The standard InChI is InChI=1S/C13H8O2.C9H7NO.Al/c14-10-6-4-8-2-1-3-9-5-7-11(15)13(10)12(8)9;11-8-5-1-3-7-4-2-6-10-9(7)8;/h1-7,14H;1-6,11H;/q;;+2/p-2. The number of carbonyl (C=O) groups is 1. The summed E-state index contributed by atoms with van der Waals surface area (Å²) in [7, 11) is 0. The van der Waals surface area contributed by atoms with Crippen molar-refractivity contribution >= 4 is 49.4 Å². The lowest BCUT2D eigenvalue weighted by Gasteiger charge is -2.17. The Labute approximate surface area is 162 Å². The van der Waals surface area contributed by atoms with Gasteiger partial charge in [-0.15, -0.1) is 0 Å². The number of hydrogen-bond acceptors (Lipinski definition) is 4. The first-order chi connectivity index (χ1) is 13.3. The van der Waals surface area contributed by atoms with E-state index in [2.05, 4.69) is 4.98 Å². The van der Waals surface area contributed by atoms with Gasteiger partial charge >= 0.3 is 15.9 Å². The average molecular weight is 366 g/mol. The minimum atomic E-state index is -0.841. The van der Waals surface area contributed by atoms with Crippen LogP contribution >= 0.6 is 0 Å². The minimum absolute atomic E-state index is 0.0412. The largest absolute Gasteiger partial charge is 0.881 e. The van der Waals surface area contributed by atoms with Gasteiger partial charge in [0.25, 0.3) is 0 Å². The maximum atomic E-state index is 12.5. The molecular weight excluding hydrogens is 353 g/mol. The SMILES string of the molecule is O=C1C=Cc2cccc3ccc([O][Al][O]c4cccc5cccnc45)c1c23. The highest BCUT2D eigenvalue weighted by atomic mass is 27.2. The van der Waals surface area contributed by atoms with Gasteiger partial charge in [0.1, 0.15) is 11.3 Å². The van der Waals surface area contributed by atoms with Crippen molar-refractivity contribution in [1.29, 1.82) is 0 Å². The fraction of sp³-hybridized carbons (Fsp3) is 0. The summed E-state index contributed by atoms with van der Waals surface area (Å²) in [6.07, 6.45) is 5.19. The fourth-order valence-corrected chi connectivity index (χ4v) is 4.06. The number of fused-ring (bicyclic) bond motifs is 1. The average Bonchev–Trinajstić information content (AvgIpc) is 2.71. The highest BCUT2D eigenvalue weighted by Crippen LogP contribution is 2.34. The lowest BCUT2D eigenvalue weighted by Crippen LogP contribution is -2.14. The molecule has 1 radical (unpaired) electrons. The predicted octanol–water partition coefficient (Wildman–Crippen LogP) is 4.59. The zero-order valence-electron chi connectivity index (χ0n) is 14.3. The normalized spacial score (nSPS) is 12.4. The lowest BCUT2D eigenvalue weighted by atomic mass is 9.92. The zero-order chi connectivity index (χ0) is 18.2. The molecule has 1 heterocycles. The summed E-state index contributed by atoms with van der Waals surface area (Å²) in [5.74, 6) is 1.21. The second-order valence-electron chi connectivity index (χ2n) is 6.24. The van der Waals surface area contributed by atoms with Gasteiger partial charge in [0.05, 0.1) is 11.3 Å². The molecule has 0 unspecified atom stereocenters. The van der Waals surface area contributed by atoms with Crippen LogP contribution in [-0.4, -0.2) is 26.7 Å². The number of hydrogen-bond donors (Lipinski definition) is 0. The zero-order valence-corrected chi connectivity index (χ0v) is 15.4. The van der Waals surface area contributed by atoms with E-state index in [1.807, 2.05) is 66.7 Å². The summed E-state index contributed by atoms with van der Waals surface area (Å²) in [5.41, 5.74) is 2.44. The molecule has 0 fully saturated rings. The topological polar surface area (TPSA) is 48.4 Å². The molecule has 3 aromatic carbocycles. The number of rotatable bonds is 4. The molecule has 0 bridgehead atoms. The van der Waals surface area contributed by atoms with Crippen molar-refractivity contribution in [2.75, 3.05) is 0 Å². The van der Waals surface area contributed by atoms with Crippen LogP contribution in [0, 0.1) is 0 Å². The Kier molecular flexibility index (Phi) is 3.90. The number of ketones is 1. The quantitative estimate of drug-likeness (QED) is 0.496. The Morgan fingerprint density at radius 1 is 0.778 bits per heavy atom. The van der Waals surface area contributed by atoms with E-state index in [4.69, 9.17) is 7.58 Å². The molecule has 0 amide bonds. The maximum Gasteiger partial charge on any atom is 0.881 e.